The van der Waals surface area contributed by atoms with Gasteiger partial charge in [0.05, 0.1) is 0 Å². The van der Waals surface area contributed by atoms with Crippen LogP contribution in [0.2, 0.25) is 0 Å². The summed E-state index contributed by atoms with van der Waals surface area (Å²) in [6.45, 7) is 14.3. The molecule has 4 heteroatoms. The van der Waals surface area contributed by atoms with Gasteiger partial charge in [-0.15, -0.1) is 0 Å². The van der Waals surface area contributed by atoms with E-state index in [1.54, 1.807) is 0 Å². The molecule has 0 aromatic carbocycles. The number of hydrogen-bond donors (Lipinski definition) is 1. The molecule has 0 saturated carbocycles. The molecule has 1 fully saturated rings. The van der Waals surface area contributed by atoms with Crippen LogP contribution in [0.1, 0.15) is 51.9 Å². The van der Waals surface area contributed by atoms with Crippen LogP contribution in [0, 0.1) is 18.8 Å². The van der Waals surface area contributed by atoms with E-state index in [4.69, 9.17) is 9.97 Å². The monoisotopic (exact) mass is 290 g/mol. The summed E-state index contributed by atoms with van der Waals surface area (Å²) >= 11 is 0. The van der Waals surface area contributed by atoms with Gasteiger partial charge >= 0.3 is 0 Å². The first kappa shape index (κ1) is 16.1. The van der Waals surface area contributed by atoms with Crippen molar-refractivity contribution in [2.75, 3.05) is 29.9 Å². The van der Waals surface area contributed by atoms with Crippen molar-refractivity contribution in [1.29, 1.82) is 0 Å². The number of rotatable bonds is 5. The van der Waals surface area contributed by atoms with Crippen LogP contribution < -0.4 is 10.2 Å². The lowest BCUT2D eigenvalue weighted by atomic mass is 9.88. The molecule has 1 aliphatic rings. The van der Waals surface area contributed by atoms with Gasteiger partial charge in [-0.05, 0) is 38.5 Å². The van der Waals surface area contributed by atoms with E-state index >= 15 is 0 Å². The Morgan fingerprint density at radius 1 is 1.19 bits per heavy atom. The van der Waals surface area contributed by atoms with E-state index < -0.39 is 0 Å². The molecule has 0 aliphatic carbocycles. The first-order valence-electron chi connectivity index (χ1n) is 8.43. The minimum absolute atomic E-state index is 0.727. The summed E-state index contributed by atoms with van der Waals surface area (Å²) in [5.41, 5.74) is 1.19. The van der Waals surface area contributed by atoms with Gasteiger partial charge < -0.3 is 10.2 Å². The molecule has 1 aromatic heterocycles. The minimum Gasteiger partial charge on any atom is -0.370 e. The maximum absolute atomic E-state index is 4.86. The summed E-state index contributed by atoms with van der Waals surface area (Å²) in [6.07, 6.45) is 3.29. The van der Waals surface area contributed by atoms with E-state index in [0.717, 1.165) is 61.8 Å². The highest BCUT2D eigenvalue weighted by Gasteiger charge is 2.25. The normalized spacial score (nSPS) is 22.4. The second kappa shape index (κ2) is 7.10. The molecule has 118 valence electrons. The smallest absolute Gasteiger partial charge is 0.137 e. The topological polar surface area (TPSA) is 41.1 Å². The average Bonchev–Trinajstić information content (AvgIpc) is 2.46. The first-order valence-corrected chi connectivity index (χ1v) is 8.43. The fraction of sp³-hybridized carbons (Fsp3) is 0.765. The fourth-order valence-electron chi connectivity index (χ4n) is 2.99. The lowest BCUT2D eigenvalue weighted by Crippen LogP contribution is -2.39. The zero-order valence-corrected chi connectivity index (χ0v) is 14.2. The van der Waals surface area contributed by atoms with E-state index in [1.165, 1.54) is 12.0 Å². The number of nitrogens with zero attached hydrogens (tertiary/aromatic N) is 3. The Kier molecular flexibility index (Phi) is 5.43. The molecule has 0 amide bonds. The summed E-state index contributed by atoms with van der Waals surface area (Å²) in [5.74, 6) is 4.66. The van der Waals surface area contributed by atoms with Crippen LogP contribution in [0.4, 0.5) is 11.6 Å². The molecule has 1 aromatic rings. The van der Waals surface area contributed by atoms with E-state index in [1.807, 2.05) is 0 Å². The Bertz CT molecular complexity index is 472. The molecule has 0 spiro atoms. The highest BCUT2D eigenvalue weighted by atomic mass is 15.2. The van der Waals surface area contributed by atoms with Gasteiger partial charge in [0.2, 0.25) is 0 Å². The van der Waals surface area contributed by atoms with Crippen molar-refractivity contribution in [2.24, 2.45) is 11.8 Å². The number of hydrogen-bond acceptors (Lipinski definition) is 4. The summed E-state index contributed by atoms with van der Waals surface area (Å²) < 4.78 is 0. The molecule has 2 rings (SSSR count). The predicted molar refractivity (Wildman–Crippen MR) is 90.1 cm³/mol. The molecule has 1 aliphatic heterocycles. The van der Waals surface area contributed by atoms with Crippen LogP contribution in [0.15, 0.2) is 0 Å². The van der Waals surface area contributed by atoms with Gasteiger partial charge in [-0.25, -0.2) is 9.97 Å². The number of piperidine rings is 1. The maximum Gasteiger partial charge on any atom is 0.137 e. The van der Waals surface area contributed by atoms with Gasteiger partial charge in [-0.1, -0.05) is 20.8 Å². The molecule has 1 N–H and O–H groups in total. The molecule has 4 nitrogen and oxygen atoms in total. The highest BCUT2D eigenvalue weighted by Crippen LogP contribution is 2.30. The Labute approximate surface area is 129 Å². The maximum atomic E-state index is 4.86. The van der Waals surface area contributed by atoms with Crippen LogP contribution >= 0.6 is 0 Å². The van der Waals surface area contributed by atoms with Gasteiger partial charge in [0, 0.05) is 31.6 Å². The van der Waals surface area contributed by atoms with Gasteiger partial charge in [0.15, 0.2) is 0 Å². The van der Waals surface area contributed by atoms with Gasteiger partial charge in [-0.2, -0.15) is 0 Å². The second-order valence-corrected chi connectivity index (χ2v) is 6.41. The van der Waals surface area contributed by atoms with Gasteiger partial charge in [-0.3, -0.25) is 0 Å². The van der Waals surface area contributed by atoms with E-state index in [-0.39, 0.29) is 0 Å². The zero-order chi connectivity index (χ0) is 15.4. The molecule has 0 bridgehead atoms. The van der Waals surface area contributed by atoms with Crippen molar-refractivity contribution in [3.05, 3.63) is 11.4 Å². The molecule has 2 atom stereocenters. The van der Waals surface area contributed by atoms with Crippen molar-refractivity contribution >= 4 is 11.6 Å². The Morgan fingerprint density at radius 2 is 1.95 bits per heavy atom. The third-order valence-corrected chi connectivity index (χ3v) is 4.62. The van der Waals surface area contributed by atoms with Crippen molar-refractivity contribution in [2.45, 2.75) is 53.9 Å². The van der Waals surface area contributed by atoms with E-state index in [9.17, 15) is 0 Å². The van der Waals surface area contributed by atoms with E-state index in [2.05, 4.69) is 44.8 Å². The number of aromatic nitrogens is 2. The third-order valence-electron chi connectivity index (χ3n) is 4.62. The summed E-state index contributed by atoms with van der Waals surface area (Å²) in [4.78, 5) is 12.0. The number of anilines is 2. The summed E-state index contributed by atoms with van der Waals surface area (Å²) in [5, 5.41) is 3.40. The summed E-state index contributed by atoms with van der Waals surface area (Å²) in [7, 11) is 0. The highest BCUT2D eigenvalue weighted by molar-refractivity contribution is 5.59. The molecule has 1 saturated heterocycles. The van der Waals surface area contributed by atoms with Crippen molar-refractivity contribution in [3.8, 4) is 0 Å². The molecule has 21 heavy (non-hydrogen) atoms. The SMILES string of the molecule is CCCc1nc(NCC)c(C)c(N2CCC(C)C(C)C2)n1. The average molecular weight is 290 g/mol. The van der Waals surface area contributed by atoms with E-state index in [0.29, 0.717) is 0 Å². The molecule has 2 unspecified atom stereocenters. The Morgan fingerprint density at radius 3 is 2.57 bits per heavy atom. The van der Waals surface area contributed by atoms with Crippen LogP contribution in [-0.4, -0.2) is 29.6 Å². The Balaban J connectivity index is 2.32. The van der Waals surface area contributed by atoms with Crippen molar-refractivity contribution in [1.82, 2.24) is 9.97 Å². The zero-order valence-electron chi connectivity index (χ0n) is 14.2. The standard InChI is InChI=1S/C17H30N4/c1-6-8-15-19-16(18-7-2)14(5)17(20-15)21-10-9-12(3)13(4)11-21/h12-13H,6-11H2,1-5H3,(H,18,19,20). The lowest BCUT2D eigenvalue weighted by Gasteiger charge is -2.37. The fourth-order valence-corrected chi connectivity index (χ4v) is 2.99. The van der Waals surface area contributed by atoms with Crippen LogP contribution in [0.3, 0.4) is 0 Å². The van der Waals surface area contributed by atoms with Crippen LogP contribution in [0.25, 0.3) is 0 Å². The largest absolute Gasteiger partial charge is 0.370 e. The Hall–Kier alpha value is -1.32. The quantitative estimate of drug-likeness (QED) is 0.898. The van der Waals surface area contributed by atoms with Crippen molar-refractivity contribution in [3.63, 3.8) is 0 Å². The molecule has 2 heterocycles. The van der Waals surface area contributed by atoms with Crippen molar-refractivity contribution < 1.29 is 0 Å². The third kappa shape index (κ3) is 3.66. The summed E-state index contributed by atoms with van der Waals surface area (Å²) in [6, 6.07) is 0. The van der Waals surface area contributed by atoms with Gasteiger partial charge in [0.25, 0.3) is 0 Å². The van der Waals surface area contributed by atoms with Crippen LogP contribution in [0.5, 0.6) is 0 Å². The van der Waals surface area contributed by atoms with Gasteiger partial charge in [0.1, 0.15) is 17.5 Å². The first-order chi connectivity index (χ1) is 10.1. The lowest BCUT2D eigenvalue weighted by molar-refractivity contribution is 0.322. The molecule has 0 radical (unpaired) electrons. The number of nitrogens with one attached hydrogen (secondary N) is 1. The number of aryl methyl sites for hydroxylation is 1. The van der Waals surface area contributed by atoms with Crippen LogP contribution in [-0.2, 0) is 6.42 Å². The second-order valence-electron chi connectivity index (χ2n) is 6.41. The minimum atomic E-state index is 0.727. The molecular weight excluding hydrogens is 260 g/mol. The molecular formula is C17H30N4. The predicted octanol–water partition coefficient (Wildman–Crippen LogP) is 3.65.